The van der Waals surface area contributed by atoms with Crippen molar-refractivity contribution in [3.05, 3.63) is 18.2 Å². The number of hydrogen-bond acceptors (Lipinski definition) is 3. The molecule has 2 unspecified atom stereocenters. The van der Waals surface area contributed by atoms with E-state index < -0.39 is 0 Å². The lowest BCUT2D eigenvalue weighted by Gasteiger charge is -2.30. The van der Waals surface area contributed by atoms with Gasteiger partial charge in [0.15, 0.2) is 0 Å². The van der Waals surface area contributed by atoms with Crippen LogP contribution < -0.4 is 10.6 Å². The molecule has 1 aromatic rings. The molecular weight excluding hydrogens is 256 g/mol. The maximum atomic E-state index is 11.4. The Morgan fingerprint density at radius 2 is 2.16 bits per heavy atom. The summed E-state index contributed by atoms with van der Waals surface area (Å²) in [6, 6.07) is 6.87. The molecule has 0 aromatic heterocycles. The van der Waals surface area contributed by atoms with Crippen LogP contribution in [-0.4, -0.2) is 17.7 Å². The SMILES string of the molecule is CC1CCCCC1Nc1ccc2c(c1)NC(=O)CS2. The number of anilines is 2. The fraction of sp³-hybridized carbons (Fsp3) is 0.533. The zero-order valence-corrected chi connectivity index (χ0v) is 12.1. The van der Waals surface area contributed by atoms with Crippen LogP contribution >= 0.6 is 11.8 Å². The van der Waals surface area contributed by atoms with Gasteiger partial charge in [-0.3, -0.25) is 4.79 Å². The first-order chi connectivity index (χ1) is 9.22. The summed E-state index contributed by atoms with van der Waals surface area (Å²) >= 11 is 1.61. The number of carbonyl (C=O) groups is 1. The molecule has 1 amide bonds. The molecule has 3 rings (SSSR count). The first-order valence-electron chi connectivity index (χ1n) is 7.05. The van der Waals surface area contributed by atoms with Crippen LogP contribution in [0.2, 0.25) is 0 Å². The molecule has 102 valence electrons. The zero-order valence-electron chi connectivity index (χ0n) is 11.2. The van der Waals surface area contributed by atoms with Gasteiger partial charge in [-0.1, -0.05) is 19.8 Å². The molecule has 2 N–H and O–H groups in total. The molecular formula is C15H20N2OS. The van der Waals surface area contributed by atoms with Crippen LogP contribution in [0.1, 0.15) is 32.6 Å². The van der Waals surface area contributed by atoms with E-state index in [0.717, 1.165) is 17.3 Å². The summed E-state index contributed by atoms with van der Waals surface area (Å²) in [7, 11) is 0. The molecule has 3 nitrogen and oxygen atoms in total. The van der Waals surface area contributed by atoms with Crippen LogP contribution in [-0.2, 0) is 4.79 Å². The van der Waals surface area contributed by atoms with Crippen LogP contribution in [0.25, 0.3) is 0 Å². The van der Waals surface area contributed by atoms with Gasteiger partial charge < -0.3 is 10.6 Å². The molecule has 1 aromatic carbocycles. The Hall–Kier alpha value is -1.16. The number of amides is 1. The molecule has 19 heavy (non-hydrogen) atoms. The van der Waals surface area contributed by atoms with E-state index in [1.807, 2.05) is 0 Å². The minimum atomic E-state index is 0.0979. The Labute approximate surface area is 118 Å². The third-order valence-electron chi connectivity index (χ3n) is 4.08. The highest BCUT2D eigenvalue weighted by atomic mass is 32.2. The van der Waals surface area contributed by atoms with E-state index in [1.165, 1.54) is 30.6 Å². The summed E-state index contributed by atoms with van der Waals surface area (Å²) in [5, 5.41) is 6.58. The molecule has 1 fully saturated rings. The second-order valence-electron chi connectivity index (χ2n) is 5.56. The highest BCUT2D eigenvalue weighted by Gasteiger charge is 2.22. The molecule has 4 heteroatoms. The van der Waals surface area contributed by atoms with Crippen LogP contribution in [0.15, 0.2) is 23.1 Å². The van der Waals surface area contributed by atoms with Gasteiger partial charge in [-0.2, -0.15) is 0 Å². The number of fused-ring (bicyclic) bond motifs is 1. The van der Waals surface area contributed by atoms with E-state index in [9.17, 15) is 4.79 Å². The summed E-state index contributed by atoms with van der Waals surface area (Å²) in [5.41, 5.74) is 2.08. The van der Waals surface area contributed by atoms with E-state index in [2.05, 4.69) is 35.8 Å². The van der Waals surface area contributed by atoms with Crippen molar-refractivity contribution < 1.29 is 4.79 Å². The van der Waals surface area contributed by atoms with E-state index in [4.69, 9.17) is 0 Å². The second-order valence-corrected chi connectivity index (χ2v) is 6.58. The number of carbonyl (C=O) groups excluding carboxylic acids is 1. The first kappa shape index (κ1) is 12.9. The van der Waals surface area contributed by atoms with Gasteiger partial charge in [0, 0.05) is 16.6 Å². The van der Waals surface area contributed by atoms with E-state index in [1.54, 1.807) is 11.8 Å². The van der Waals surface area contributed by atoms with E-state index in [-0.39, 0.29) is 5.91 Å². The molecule has 1 saturated carbocycles. The predicted octanol–water partition coefficient (Wildman–Crippen LogP) is 3.72. The van der Waals surface area contributed by atoms with Gasteiger partial charge in [-0.05, 0) is 37.0 Å². The fourth-order valence-electron chi connectivity index (χ4n) is 2.92. The Balaban J connectivity index is 1.74. The summed E-state index contributed by atoms with van der Waals surface area (Å²) in [5.74, 6) is 1.36. The summed E-state index contributed by atoms with van der Waals surface area (Å²) in [6.45, 7) is 2.33. The molecule has 0 spiro atoms. The monoisotopic (exact) mass is 276 g/mol. The lowest BCUT2D eigenvalue weighted by Crippen LogP contribution is -2.30. The number of hydrogen-bond donors (Lipinski definition) is 2. The van der Waals surface area contributed by atoms with Gasteiger partial charge in [0.2, 0.25) is 5.91 Å². The number of rotatable bonds is 2. The van der Waals surface area contributed by atoms with Gasteiger partial charge in [0.25, 0.3) is 0 Å². The highest BCUT2D eigenvalue weighted by molar-refractivity contribution is 8.00. The van der Waals surface area contributed by atoms with E-state index >= 15 is 0 Å². The number of thioether (sulfide) groups is 1. The molecule has 1 heterocycles. The van der Waals surface area contributed by atoms with Crippen LogP contribution in [0.4, 0.5) is 11.4 Å². The number of nitrogens with one attached hydrogen (secondary N) is 2. The highest BCUT2D eigenvalue weighted by Crippen LogP contribution is 2.34. The smallest absolute Gasteiger partial charge is 0.234 e. The zero-order chi connectivity index (χ0) is 13.2. The van der Waals surface area contributed by atoms with Crippen molar-refractivity contribution in [3.8, 4) is 0 Å². The maximum absolute atomic E-state index is 11.4. The Kier molecular flexibility index (Phi) is 3.69. The average Bonchev–Trinajstić information content (AvgIpc) is 2.41. The van der Waals surface area contributed by atoms with Crippen molar-refractivity contribution in [3.63, 3.8) is 0 Å². The van der Waals surface area contributed by atoms with Gasteiger partial charge in [0.1, 0.15) is 0 Å². The summed E-state index contributed by atoms with van der Waals surface area (Å²) in [6.07, 6.45) is 5.24. The molecule has 0 saturated heterocycles. The molecule has 1 aliphatic heterocycles. The van der Waals surface area contributed by atoms with Gasteiger partial charge in [-0.25, -0.2) is 0 Å². The van der Waals surface area contributed by atoms with E-state index in [0.29, 0.717) is 11.8 Å². The third kappa shape index (κ3) is 2.89. The van der Waals surface area contributed by atoms with Crippen molar-refractivity contribution >= 4 is 29.0 Å². The molecule has 1 aliphatic carbocycles. The van der Waals surface area contributed by atoms with Crippen molar-refractivity contribution in [1.29, 1.82) is 0 Å². The maximum Gasteiger partial charge on any atom is 0.234 e. The Bertz CT molecular complexity index is 489. The minimum absolute atomic E-state index is 0.0979. The average molecular weight is 276 g/mol. The molecule has 0 radical (unpaired) electrons. The largest absolute Gasteiger partial charge is 0.382 e. The van der Waals surface area contributed by atoms with Crippen molar-refractivity contribution in [2.75, 3.05) is 16.4 Å². The number of benzene rings is 1. The summed E-state index contributed by atoms with van der Waals surface area (Å²) in [4.78, 5) is 12.6. The van der Waals surface area contributed by atoms with Crippen molar-refractivity contribution in [2.45, 2.75) is 43.5 Å². The molecule has 0 bridgehead atoms. The summed E-state index contributed by atoms with van der Waals surface area (Å²) < 4.78 is 0. The van der Waals surface area contributed by atoms with Crippen LogP contribution in [0.3, 0.4) is 0 Å². The van der Waals surface area contributed by atoms with Gasteiger partial charge in [-0.15, -0.1) is 11.8 Å². The minimum Gasteiger partial charge on any atom is -0.382 e. The second kappa shape index (κ2) is 5.45. The quantitative estimate of drug-likeness (QED) is 0.865. The van der Waals surface area contributed by atoms with Crippen molar-refractivity contribution in [1.82, 2.24) is 0 Å². The molecule has 2 atom stereocenters. The lowest BCUT2D eigenvalue weighted by molar-refractivity contribution is -0.113. The van der Waals surface area contributed by atoms with Crippen LogP contribution in [0.5, 0.6) is 0 Å². The van der Waals surface area contributed by atoms with Gasteiger partial charge in [0.05, 0.1) is 11.4 Å². The topological polar surface area (TPSA) is 41.1 Å². The van der Waals surface area contributed by atoms with Gasteiger partial charge >= 0.3 is 0 Å². The predicted molar refractivity (Wildman–Crippen MR) is 80.8 cm³/mol. The molecule has 2 aliphatic rings. The Morgan fingerprint density at radius 3 is 3.00 bits per heavy atom. The van der Waals surface area contributed by atoms with Crippen LogP contribution in [0, 0.1) is 5.92 Å². The lowest BCUT2D eigenvalue weighted by atomic mass is 9.86. The standard InChI is InChI=1S/C15H20N2OS/c1-10-4-2-3-5-12(10)16-11-6-7-14-13(8-11)17-15(18)9-19-14/h6-8,10,12,16H,2-5,9H2,1H3,(H,17,18). The van der Waals surface area contributed by atoms with Crippen molar-refractivity contribution in [2.24, 2.45) is 5.92 Å². The third-order valence-corrected chi connectivity index (χ3v) is 5.15. The normalized spacial score (nSPS) is 26.5. The fourth-order valence-corrected chi connectivity index (χ4v) is 3.71. The Morgan fingerprint density at radius 1 is 1.32 bits per heavy atom. The first-order valence-corrected chi connectivity index (χ1v) is 8.04.